The molecule has 2 aromatic carbocycles. The molecule has 0 aliphatic heterocycles. The molecule has 0 aliphatic rings. The van der Waals surface area contributed by atoms with Gasteiger partial charge < -0.3 is 10.2 Å². The quantitative estimate of drug-likeness (QED) is 0.380. The predicted octanol–water partition coefficient (Wildman–Crippen LogP) is 6.46. The molecule has 4 nitrogen and oxygen atoms in total. The Morgan fingerprint density at radius 3 is 2.16 bits per heavy atom. The third-order valence-electron chi connectivity index (χ3n) is 4.95. The van der Waals surface area contributed by atoms with Crippen molar-refractivity contribution in [2.45, 2.75) is 57.1 Å². The Kier molecular flexibility index (Phi) is 10.5. The Morgan fingerprint density at radius 2 is 1.61 bits per heavy atom. The fraction of sp³-hybridized carbons (Fsp3) is 0.391. The maximum atomic E-state index is 13.3. The van der Waals surface area contributed by atoms with Gasteiger partial charge in [-0.05, 0) is 56.2 Å². The number of hydrogen-bond donors (Lipinski definition) is 1. The monoisotopic (exact) mass is 500 g/mol. The van der Waals surface area contributed by atoms with Crippen molar-refractivity contribution in [2.75, 3.05) is 5.75 Å². The summed E-state index contributed by atoms with van der Waals surface area (Å²) >= 11 is 20.1. The molecule has 0 aliphatic carbocycles. The van der Waals surface area contributed by atoms with Gasteiger partial charge in [-0.1, -0.05) is 54.7 Å². The molecule has 1 N–H and O–H groups in total. The second-order valence-corrected chi connectivity index (χ2v) is 9.51. The largest absolute Gasteiger partial charge is 0.352 e. The van der Waals surface area contributed by atoms with Gasteiger partial charge in [-0.2, -0.15) is 0 Å². The predicted molar refractivity (Wildman–Crippen MR) is 131 cm³/mol. The van der Waals surface area contributed by atoms with Gasteiger partial charge in [0.1, 0.15) is 6.04 Å². The van der Waals surface area contributed by atoms with Crippen LogP contribution in [0.15, 0.2) is 47.4 Å². The first-order valence-electron chi connectivity index (χ1n) is 10.2. The third-order valence-corrected chi connectivity index (χ3v) is 6.91. The lowest BCUT2D eigenvalue weighted by molar-refractivity contribution is -0.139. The molecule has 0 fully saturated rings. The van der Waals surface area contributed by atoms with Crippen LogP contribution in [0.3, 0.4) is 0 Å². The molecule has 2 aromatic rings. The van der Waals surface area contributed by atoms with Crippen LogP contribution in [-0.4, -0.2) is 34.6 Å². The van der Waals surface area contributed by atoms with E-state index in [0.29, 0.717) is 27.1 Å². The van der Waals surface area contributed by atoms with E-state index in [0.717, 1.165) is 11.3 Å². The highest BCUT2D eigenvalue weighted by Crippen LogP contribution is 2.28. The molecular weight excluding hydrogens is 475 g/mol. The van der Waals surface area contributed by atoms with Crippen molar-refractivity contribution in [1.82, 2.24) is 10.2 Å². The van der Waals surface area contributed by atoms with E-state index in [1.165, 1.54) is 11.8 Å². The van der Waals surface area contributed by atoms with Crippen molar-refractivity contribution in [3.05, 3.63) is 63.1 Å². The minimum Gasteiger partial charge on any atom is -0.352 e. The van der Waals surface area contributed by atoms with Crippen LogP contribution in [0.4, 0.5) is 0 Å². The van der Waals surface area contributed by atoms with Crippen molar-refractivity contribution >= 4 is 58.4 Å². The van der Waals surface area contributed by atoms with Crippen molar-refractivity contribution in [3.8, 4) is 0 Å². The summed E-state index contributed by atoms with van der Waals surface area (Å²) in [5.74, 6) is -0.163. The topological polar surface area (TPSA) is 49.4 Å². The molecule has 168 valence electrons. The highest BCUT2D eigenvalue weighted by molar-refractivity contribution is 8.00. The van der Waals surface area contributed by atoms with E-state index < -0.39 is 6.04 Å². The highest BCUT2D eigenvalue weighted by atomic mass is 35.5. The summed E-state index contributed by atoms with van der Waals surface area (Å²) in [6, 6.07) is 11.9. The Morgan fingerprint density at radius 1 is 1.00 bits per heavy atom. The first-order chi connectivity index (χ1) is 14.8. The van der Waals surface area contributed by atoms with Gasteiger partial charge in [0, 0.05) is 38.1 Å². The van der Waals surface area contributed by atoms with Gasteiger partial charge in [-0.3, -0.25) is 9.59 Å². The molecule has 0 radical (unpaired) electrons. The van der Waals surface area contributed by atoms with E-state index in [1.54, 1.807) is 35.2 Å². The number of nitrogens with one attached hydrogen (secondary N) is 1. The zero-order chi connectivity index (χ0) is 23.0. The summed E-state index contributed by atoms with van der Waals surface area (Å²) in [6.07, 6.45) is 1.28. The summed E-state index contributed by atoms with van der Waals surface area (Å²) in [6.45, 7) is 5.99. The molecular formula is C23H27Cl3N2O2S. The van der Waals surface area contributed by atoms with Crippen molar-refractivity contribution in [2.24, 2.45) is 0 Å². The van der Waals surface area contributed by atoms with Crippen molar-refractivity contribution < 1.29 is 9.59 Å². The van der Waals surface area contributed by atoms with E-state index in [9.17, 15) is 9.59 Å². The molecule has 8 heteroatoms. The van der Waals surface area contributed by atoms with Crippen LogP contribution in [0.1, 0.15) is 39.2 Å². The Hall–Kier alpha value is -1.40. The van der Waals surface area contributed by atoms with Crippen LogP contribution < -0.4 is 5.32 Å². The first-order valence-corrected chi connectivity index (χ1v) is 12.3. The number of thioether (sulfide) groups is 1. The number of nitrogens with zero attached hydrogens (tertiary/aromatic N) is 1. The molecule has 0 spiro atoms. The Balaban J connectivity index is 2.27. The van der Waals surface area contributed by atoms with Crippen LogP contribution >= 0.6 is 46.6 Å². The summed E-state index contributed by atoms with van der Waals surface area (Å²) < 4.78 is 0. The number of hydrogen-bond acceptors (Lipinski definition) is 3. The standard InChI is InChI=1S/C23H27Cl3N2O2S/c1-4-15(3)27-23(30)21(5-2)28(13-18-19(25)7-6-8-20(18)26)22(29)14-31-17-11-9-16(24)10-12-17/h6-12,15,21H,4-5,13-14H2,1-3H3,(H,27,30)/t15-,21+/m1/s1. The number of amides is 2. The summed E-state index contributed by atoms with van der Waals surface area (Å²) in [7, 11) is 0. The van der Waals surface area contributed by atoms with E-state index >= 15 is 0 Å². The second-order valence-electron chi connectivity index (χ2n) is 7.21. The lowest BCUT2D eigenvalue weighted by Gasteiger charge is -2.32. The smallest absolute Gasteiger partial charge is 0.243 e. The zero-order valence-corrected chi connectivity index (χ0v) is 20.9. The number of carbonyl (C=O) groups excluding carboxylic acids is 2. The van der Waals surface area contributed by atoms with E-state index in [4.69, 9.17) is 34.8 Å². The maximum absolute atomic E-state index is 13.3. The number of carbonyl (C=O) groups is 2. The lowest BCUT2D eigenvalue weighted by Crippen LogP contribution is -2.51. The van der Waals surface area contributed by atoms with E-state index in [1.807, 2.05) is 32.9 Å². The summed E-state index contributed by atoms with van der Waals surface area (Å²) in [5, 5.41) is 4.56. The normalized spacial score (nSPS) is 12.8. The van der Waals surface area contributed by atoms with Crippen LogP contribution in [0.25, 0.3) is 0 Å². The minimum absolute atomic E-state index is 0.0193. The molecule has 2 rings (SSSR count). The van der Waals surface area contributed by atoms with Gasteiger partial charge in [0.05, 0.1) is 5.75 Å². The lowest BCUT2D eigenvalue weighted by atomic mass is 10.1. The number of benzene rings is 2. The molecule has 2 amide bonds. The third kappa shape index (κ3) is 7.60. The van der Waals surface area contributed by atoms with Crippen molar-refractivity contribution in [3.63, 3.8) is 0 Å². The minimum atomic E-state index is -0.625. The van der Waals surface area contributed by atoms with Crippen LogP contribution in [0, 0.1) is 0 Å². The molecule has 0 bridgehead atoms. The highest BCUT2D eigenvalue weighted by Gasteiger charge is 2.30. The van der Waals surface area contributed by atoms with Crippen molar-refractivity contribution in [1.29, 1.82) is 0 Å². The van der Waals surface area contributed by atoms with E-state index in [2.05, 4.69) is 5.32 Å². The summed E-state index contributed by atoms with van der Waals surface area (Å²) in [4.78, 5) is 28.8. The summed E-state index contributed by atoms with van der Waals surface area (Å²) in [5.41, 5.74) is 0.630. The Bertz CT molecular complexity index is 873. The average Bonchev–Trinajstić information content (AvgIpc) is 2.74. The van der Waals surface area contributed by atoms with Gasteiger partial charge >= 0.3 is 0 Å². The van der Waals surface area contributed by atoms with Crippen LogP contribution in [-0.2, 0) is 16.1 Å². The Labute approximate surface area is 203 Å². The molecule has 31 heavy (non-hydrogen) atoms. The molecule has 0 saturated heterocycles. The van der Waals surface area contributed by atoms with Gasteiger partial charge in [0.15, 0.2) is 0 Å². The molecule has 0 heterocycles. The SMILES string of the molecule is CC[C@@H](C)NC(=O)[C@H](CC)N(Cc1c(Cl)cccc1Cl)C(=O)CSc1ccc(Cl)cc1. The van der Waals surface area contributed by atoms with E-state index in [-0.39, 0.29) is 30.2 Å². The van der Waals surface area contributed by atoms with Gasteiger partial charge in [-0.25, -0.2) is 0 Å². The van der Waals surface area contributed by atoms with Gasteiger partial charge in [0.2, 0.25) is 11.8 Å². The number of halogens is 3. The van der Waals surface area contributed by atoms with Gasteiger partial charge in [-0.15, -0.1) is 11.8 Å². The number of rotatable bonds is 10. The zero-order valence-electron chi connectivity index (χ0n) is 17.8. The molecule has 2 atom stereocenters. The van der Waals surface area contributed by atoms with Crippen LogP contribution in [0.2, 0.25) is 15.1 Å². The van der Waals surface area contributed by atoms with Gasteiger partial charge in [0.25, 0.3) is 0 Å². The fourth-order valence-corrected chi connectivity index (χ4v) is 4.40. The first kappa shape index (κ1) is 25.9. The molecule has 0 saturated carbocycles. The maximum Gasteiger partial charge on any atom is 0.243 e. The van der Waals surface area contributed by atoms with Crippen LogP contribution in [0.5, 0.6) is 0 Å². The average molecular weight is 502 g/mol. The fourth-order valence-electron chi connectivity index (χ4n) is 2.97. The molecule has 0 aromatic heterocycles. The second kappa shape index (κ2) is 12.6. The molecule has 0 unspecified atom stereocenters.